The molecule has 0 rings (SSSR count). The van der Waals surface area contributed by atoms with E-state index in [-0.39, 0.29) is 13.2 Å². The van der Waals surface area contributed by atoms with Crippen molar-refractivity contribution in [3.8, 4) is 0 Å². The summed E-state index contributed by atoms with van der Waals surface area (Å²) in [6, 6.07) is 0. The van der Waals surface area contributed by atoms with Gasteiger partial charge in [0.15, 0.2) is 0 Å². The van der Waals surface area contributed by atoms with Gasteiger partial charge in [0, 0.05) is 6.54 Å². The van der Waals surface area contributed by atoms with E-state index in [1.165, 1.54) is 0 Å². The van der Waals surface area contributed by atoms with Crippen LogP contribution >= 0.6 is 7.82 Å². The Balaban J connectivity index is 3.75. The molecule has 6 nitrogen and oxygen atoms in total. The molecule has 0 heterocycles. The van der Waals surface area contributed by atoms with Crippen molar-refractivity contribution < 1.29 is 23.0 Å². The summed E-state index contributed by atoms with van der Waals surface area (Å²) in [6.07, 6.45) is 0. The lowest BCUT2D eigenvalue weighted by atomic mass is 10.5. The largest absolute Gasteiger partial charge is 0.756 e. The SMILES string of the molecule is CN(C)CCOP(=O)([O-])OCC[N+](C)(C)C. The predicted molar refractivity (Wildman–Crippen MR) is 61.0 cm³/mol. The Labute approximate surface area is 98.0 Å². The molecule has 0 fully saturated rings. The molecule has 16 heavy (non-hydrogen) atoms. The molecule has 0 aliphatic rings. The fourth-order valence-corrected chi connectivity index (χ4v) is 1.48. The molecule has 1 unspecified atom stereocenters. The van der Waals surface area contributed by atoms with E-state index in [1.54, 1.807) is 0 Å². The van der Waals surface area contributed by atoms with Crippen LogP contribution in [0.25, 0.3) is 0 Å². The standard InChI is InChI=1S/C9H23N2O4P/c1-10(2)6-8-14-16(12,13)15-9-7-11(3,4)5/h6-9H2,1-5H3. The highest BCUT2D eigenvalue weighted by Crippen LogP contribution is 2.37. The maximum absolute atomic E-state index is 11.3. The summed E-state index contributed by atoms with van der Waals surface area (Å²) >= 11 is 0. The number of likely N-dealkylation sites (N-methyl/N-ethyl adjacent to an activating group) is 2. The zero-order valence-electron chi connectivity index (χ0n) is 10.8. The highest BCUT2D eigenvalue weighted by atomic mass is 31.2. The van der Waals surface area contributed by atoms with Gasteiger partial charge in [-0.05, 0) is 14.1 Å². The molecule has 98 valence electrons. The van der Waals surface area contributed by atoms with Crippen molar-refractivity contribution in [1.29, 1.82) is 0 Å². The second kappa shape index (κ2) is 6.69. The third-order valence-electron chi connectivity index (χ3n) is 1.80. The van der Waals surface area contributed by atoms with Gasteiger partial charge in [0.2, 0.25) is 0 Å². The third kappa shape index (κ3) is 10.5. The van der Waals surface area contributed by atoms with Gasteiger partial charge < -0.3 is 23.3 Å². The molecule has 0 N–H and O–H groups in total. The van der Waals surface area contributed by atoms with E-state index in [0.29, 0.717) is 17.6 Å². The highest BCUT2D eigenvalue weighted by Gasteiger charge is 2.12. The van der Waals surface area contributed by atoms with Crippen molar-refractivity contribution in [2.45, 2.75) is 0 Å². The lowest BCUT2D eigenvalue weighted by Crippen LogP contribution is -2.37. The van der Waals surface area contributed by atoms with E-state index in [2.05, 4.69) is 4.52 Å². The van der Waals surface area contributed by atoms with Gasteiger partial charge in [-0.25, -0.2) is 0 Å². The summed E-state index contributed by atoms with van der Waals surface area (Å²) in [5.74, 6) is 0. The summed E-state index contributed by atoms with van der Waals surface area (Å²) in [4.78, 5) is 13.1. The lowest BCUT2D eigenvalue weighted by molar-refractivity contribution is -0.870. The zero-order valence-corrected chi connectivity index (χ0v) is 11.7. The first kappa shape index (κ1) is 16.0. The number of rotatable bonds is 8. The molecular weight excluding hydrogens is 231 g/mol. The first-order valence-corrected chi connectivity index (χ1v) is 6.64. The summed E-state index contributed by atoms with van der Waals surface area (Å²) in [6.45, 7) is 1.43. The van der Waals surface area contributed by atoms with E-state index < -0.39 is 7.82 Å². The fraction of sp³-hybridized carbons (Fsp3) is 1.00. The van der Waals surface area contributed by atoms with Gasteiger partial charge in [0.05, 0.1) is 27.7 Å². The molecule has 0 aliphatic heterocycles. The molecule has 0 spiro atoms. The van der Waals surface area contributed by atoms with Gasteiger partial charge in [0.25, 0.3) is 7.82 Å². The summed E-state index contributed by atoms with van der Waals surface area (Å²) in [7, 11) is 5.46. The van der Waals surface area contributed by atoms with Crippen LogP contribution in [0.5, 0.6) is 0 Å². The first-order valence-electron chi connectivity index (χ1n) is 5.18. The molecule has 0 aliphatic carbocycles. The number of phosphoric ester groups is 1. The van der Waals surface area contributed by atoms with E-state index >= 15 is 0 Å². The van der Waals surface area contributed by atoms with Crippen LogP contribution < -0.4 is 4.89 Å². The maximum atomic E-state index is 11.3. The van der Waals surface area contributed by atoms with Crippen LogP contribution in [-0.2, 0) is 13.6 Å². The topological polar surface area (TPSA) is 61.8 Å². The Morgan fingerprint density at radius 3 is 2.12 bits per heavy atom. The highest BCUT2D eigenvalue weighted by molar-refractivity contribution is 7.45. The minimum Gasteiger partial charge on any atom is -0.756 e. The Morgan fingerprint density at radius 2 is 1.69 bits per heavy atom. The smallest absolute Gasteiger partial charge is 0.268 e. The minimum atomic E-state index is -4.12. The molecule has 1 atom stereocenters. The van der Waals surface area contributed by atoms with Crippen molar-refractivity contribution in [2.75, 3.05) is 61.5 Å². The van der Waals surface area contributed by atoms with Gasteiger partial charge in [0.1, 0.15) is 13.2 Å². The molecule has 0 amide bonds. The number of nitrogens with zero attached hydrogens (tertiary/aromatic N) is 2. The van der Waals surface area contributed by atoms with Gasteiger partial charge in [-0.1, -0.05) is 0 Å². The van der Waals surface area contributed by atoms with Crippen LogP contribution in [0.1, 0.15) is 0 Å². The Kier molecular flexibility index (Phi) is 6.70. The molecule has 0 bridgehead atoms. The fourth-order valence-electron chi connectivity index (χ4n) is 0.799. The average molecular weight is 254 g/mol. The van der Waals surface area contributed by atoms with Crippen LogP contribution in [0.3, 0.4) is 0 Å². The van der Waals surface area contributed by atoms with Gasteiger partial charge in [-0.2, -0.15) is 0 Å². The predicted octanol–water partition coefficient (Wildman–Crippen LogP) is -0.244. The van der Waals surface area contributed by atoms with E-state index in [1.807, 2.05) is 40.1 Å². The van der Waals surface area contributed by atoms with E-state index in [9.17, 15) is 9.46 Å². The zero-order chi connectivity index (χ0) is 12.8. The number of phosphoric acid groups is 1. The summed E-state index contributed by atoms with van der Waals surface area (Å²) in [5, 5.41) is 0. The van der Waals surface area contributed by atoms with Crippen molar-refractivity contribution in [1.82, 2.24) is 4.90 Å². The summed E-state index contributed by atoms with van der Waals surface area (Å²) < 4.78 is 21.3. The van der Waals surface area contributed by atoms with Gasteiger partial charge in [-0.3, -0.25) is 4.57 Å². The van der Waals surface area contributed by atoms with Crippen molar-refractivity contribution >= 4 is 7.82 Å². The molecule has 0 aromatic rings. The second-order valence-corrected chi connectivity index (χ2v) is 6.34. The summed E-state index contributed by atoms with van der Waals surface area (Å²) in [5.41, 5.74) is 0. The normalized spacial score (nSPS) is 16.4. The number of hydrogen-bond acceptors (Lipinski definition) is 5. The molecule has 0 aromatic carbocycles. The van der Waals surface area contributed by atoms with Crippen LogP contribution in [-0.4, -0.2) is 70.9 Å². The molecule has 0 aromatic heterocycles. The molecule has 7 heteroatoms. The Morgan fingerprint density at radius 1 is 1.19 bits per heavy atom. The molecule has 0 radical (unpaired) electrons. The lowest BCUT2D eigenvalue weighted by Gasteiger charge is -2.27. The van der Waals surface area contributed by atoms with Crippen molar-refractivity contribution in [3.63, 3.8) is 0 Å². The first-order chi connectivity index (χ1) is 7.12. The third-order valence-corrected chi connectivity index (χ3v) is 2.80. The Hall–Kier alpha value is 0.0300. The van der Waals surface area contributed by atoms with Crippen LogP contribution in [0.4, 0.5) is 0 Å². The van der Waals surface area contributed by atoms with Crippen LogP contribution in [0, 0.1) is 0 Å². The van der Waals surface area contributed by atoms with Crippen molar-refractivity contribution in [2.24, 2.45) is 0 Å². The molecule has 0 saturated heterocycles. The van der Waals surface area contributed by atoms with E-state index in [0.717, 1.165) is 0 Å². The monoisotopic (exact) mass is 254 g/mol. The minimum absolute atomic E-state index is 0.123. The quantitative estimate of drug-likeness (QED) is 0.442. The average Bonchev–Trinajstić information content (AvgIpc) is 1.99. The van der Waals surface area contributed by atoms with Crippen LogP contribution in [0.15, 0.2) is 0 Å². The van der Waals surface area contributed by atoms with Crippen molar-refractivity contribution in [3.05, 3.63) is 0 Å². The maximum Gasteiger partial charge on any atom is 0.268 e. The Bertz CT molecular complexity index is 240. The number of hydrogen-bond donors (Lipinski definition) is 0. The second-order valence-electron chi connectivity index (χ2n) is 4.93. The molecular formula is C9H23N2O4P. The number of quaternary nitrogens is 1. The molecule has 0 saturated carbocycles. The van der Waals surface area contributed by atoms with Gasteiger partial charge in [-0.15, -0.1) is 0 Å². The van der Waals surface area contributed by atoms with E-state index in [4.69, 9.17) is 4.52 Å². The van der Waals surface area contributed by atoms with Crippen LogP contribution in [0.2, 0.25) is 0 Å². The van der Waals surface area contributed by atoms with Gasteiger partial charge >= 0.3 is 0 Å².